The van der Waals surface area contributed by atoms with E-state index < -0.39 is 0 Å². The summed E-state index contributed by atoms with van der Waals surface area (Å²) in [6, 6.07) is 7.23. The molecular formula is C13H12Cl2N2O. The van der Waals surface area contributed by atoms with Crippen LogP contribution in [0.15, 0.2) is 24.3 Å². The lowest BCUT2D eigenvalue weighted by atomic mass is 10.1. The molecule has 0 unspecified atom stereocenters. The number of aromatic nitrogens is 2. The van der Waals surface area contributed by atoms with Gasteiger partial charge >= 0.3 is 0 Å². The Morgan fingerprint density at radius 2 is 1.94 bits per heavy atom. The lowest BCUT2D eigenvalue weighted by Crippen LogP contribution is -1.93. The summed E-state index contributed by atoms with van der Waals surface area (Å²) in [6.07, 6.45) is 0.847. The maximum Gasteiger partial charge on any atom is 0.225 e. The second-order valence-electron chi connectivity index (χ2n) is 3.83. The topological polar surface area (TPSA) is 35.0 Å². The van der Waals surface area contributed by atoms with E-state index in [9.17, 15) is 0 Å². The van der Waals surface area contributed by atoms with Gasteiger partial charge in [-0.25, -0.2) is 4.98 Å². The molecule has 2 aromatic rings. The minimum Gasteiger partial charge on any atom is -0.439 e. The molecule has 0 amide bonds. The zero-order chi connectivity index (χ0) is 13.1. The first-order valence-electron chi connectivity index (χ1n) is 5.56. The lowest BCUT2D eigenvalue weighted by molar-refractivity contribution is 0.460. The molecule has 0 bridgehead atoms. The number of halogens is 2. The van der Waals surface area contributed by atoms with E-state index in [1.165, 1.54) is 0 Å². The molecule has 0 atom stereocenters. The Morgan fingerprint density at radius 3 is 2.61 bits per heavy atom. The molecule has 1 aromatic carbocycles. The van der Waals surface area contributed by atoms with Crippen molar-refractivity contribution in [3.05, 3.63) is 45.8 Å². The van der Waals surface area contributed by atoms with Crippen molar-refractivity contribution in [2.24, 2.45) is 0 Å². The van der Waals surface area contributed by atoms with Crippen LogP contribution < -0.4 is 4.74 Å². The molecule has 5 heteroatoms. The largest absolute Gasteiger partial charge is 0.439 e. The molecule has 0 saturated carbocycles. The number of hydrogen-bond acceptors (Lipinski definition) is 3. The Labute approximate surface area is 116 Å². The minimum atomic E-state index is 0.176. The highest BCUT2D eigenvalue weighted by atomic mass is 35.5. The summed E-state index contributed by atoms with van der Waals surface area (Å²) in [5.41, 5.74) is 1.79. The van der Waals surface area contributed by atoms with Crippen LogP contribution in [0.25, 0.3) is 0 Å². The molecule has 94 valence electrons. The van der Waals surface area contributed by atoms with Crippen LogP contribution in [0.2, 0.25) is 10.3 Å². The summed E-state index contributed by atoms with van der Waals surface area (Å²) in [5.74, 6) is 1.11. The molecule has 0 radical (unpaired) electrons. The van der Waals surface area contributed by atoms with Crippen LogP contribution in [0.5, 0.6) is 11.6 Å². The quantitative estimate of drug-likeness (QED) is 0.781. The Balaban J connectivity index is 2.28. The van der Waals surface area contributed by atoms with Crippen LogP contribution in [0, 0.1) is 6.92 Å². The first-order chi connectivity index (χ1) is 8.58. The van der Waals surface area contributed by atoms with Crippen LogP contribution >= 0.6 is 23.2 Å². The predicted octanol–water partition coefficient (Wildman–Crippen LogP) is 4.45. The molecule has 1 aromatic heterocycles. The summed E-state index contributed by atoms with van der Waals surface area (Å²) in [5, 5.41) is 0.913. The summed E-state index contributed by atoms with van der Waals surface area (Å²) in [4.78, 5) is 7.98. The molecular weight excluding hydrogens is 271 g/mol. The van der Waals surface area contributed by atoms with E-state index in [-0.39, 0.29) is 5.28 Å². The van der Waals surface area contributed by atoms with Crippen LogP contribution in [0.1, 0.15) is 18.2 Å². The number of hydrogen-bond donors (Lipinski definition) is 0. The fraction of sp³-hybridized carbons (Fsp3) is 0.231. The van der Waals surface area contributed by atoms with Crippen LogP contribution in [0.3, 0.4) is 0 Å². The van der Waals surface area contributed by atoms with Gasteiger partial charge < -0.3 is 4.74 Å². The summed E-state index contributed by atoms with van der Waals surface area (Å²) < 4.78 is 5.64. The molecule has 0 aliphatic carbocycles. The third-order valence-electron chi connectivity index (χ3n) is 2.42. The molecule has 2 rings (SSSR count). The van der Waals surface area contributed by atoms with Crippen molar-refractivity contribution in [1.82, 2.24) is 9.97 Å². The van der Waals surface area contributed by atoms with Gasteiger partial charge in [-0.3, -0.25) is 0 Å². The Morgan fingerprint density at radius 1 is 1.17 bits per heavy atom. The van der Waals surface area contributed by atoms with Gasteiger partial charge in [-0.15, -0.1) is 0 Å². The highest BCUT2D eigenvalue weighted by Gasteiger charge is 2.05. The molecule has 3 nitrogen and oxygen atoms in total. The first-order valence-corrected chi connectivity index (χ1v) is 6.31. The predicted molar refractivity (Wildman–Crippen MR) is 72.7 cm³/mol. The van der Waals surface area contributed by atoms with E-state index in [1.807, 2.05) is 26.0 Å². The standard InChI is InChI=1S/C13H12Cl2N2O/c1-3-9-7-10(4-5-11(9)14)18-12-6-8(2)16-13(15)17-12/h4-7H,3H2,1-2H3. The third kappa shape index (κ3) is 3.12. The van der Waals surface area contributed by atoms with Gasteiger partial charge in [0.2, 0.25) is 11.2 Å². The molecule has 0 spiro atoms. The zero-order valence-electron chi connectivity index (χ0n) is 10.1. The van der Waals surface area contributed by atoms with Gasteiger partial charge in [0, 0.05) is 16.8 Å². The Kier molecular flexibility index (Phi) is 4.04. The Hall–Kier alpha value is -1.32. The number of rotatable bonds is 3. The maximum atomic E-state index is 6.05. The smallest absolute Gasteiger partial charge is 0.225 e. The van der Waals surface area contributed by atoms with Crippen molar-refractivity contribution in [2.45, 2.75) is 20.3 Å². The number of benzene rings is 1. The van der Waals surface area contributed by atoms with Crippen LogP contribution in [0.4, 0.5) is 0 Å². The summed E-state index contributed by atoms with van der Waals surface area (Å²) in [7, 11) is 0. The van der Waals surface area contributed by atoms with E-state index in [0.717, 1.165) is 22.7 Å². The second kappa shape index (κ2) is 5.55. The van der Waals surface area contributed by atoms with Crippen molar-refractivity contribution in [3.8, 4) is 11.6 Å². The third-order valence-corrected chi connectivity index (χ3v) is 2.96. The zero-order valence-corrected chi connectivity index (χ0v) is 11.6. The van der Waals surface area contributed by atoms with Crippen molar-refractivity contribution in [1.29, 1.82) is 0 Å². The fourth-order valence-electron chi connectivity index (χ4n) is 1.56. The maximum absolute atomic E-state index is 6.05. The van der Waals surface area contributed by atoms with Crippen LogP contribution in [-0.4, -0.2) is 9.97 Å². The van der Waals surface area contributed by atoms with E-state index >= 15 is 0 Å². The molecule has 1 heterocycles. The summed E-state index contributed by atoms with van der Waals surface area (Å²) >= 11 is 11.8. The number of aryl methyl sites for hydroxylation is 2. The Bertz CT molecular complexity index is 553. The number of nitrogens with zero attached hydrogens (tertiary/aromatic N) is 2. The van der Waals surface area contributed by atoms with E-state index in [4.69, 9.17) is 27.9 Å². The van der Waals surface area contributed by atoms with Gasteiger partial charge in [0.1, 0.15) is 5.75 Å². The van der Waals surface area contributed by atoms with Gasteiger partial charge in [-0.2, -0.15) is 4.98 Å². The molecule has 0 fully saturated rings. The summed E-state index contributed by atoms with van der Waals surface area (Å²) in [6.45, 7) is 3.87. The van der Waals surface area contributed by atoms with E-state index in [0.29, 0.717) is 11.6 Å². The molecule has 0 aliphatic heterocycles. The van der Waals surface area contributed by atoms with Gasteiger partial charge in [0.25, 0.3) is 0 Å². The molecule has 0 saturated heterocycles. The van der Waals surface area contributed by atoms with E-state index in [1.54, 1.807) is 12.1 Å². The van der Waals surface area contributed by atoms with Crippen molar-refractivity contribution < 1.29 is 4.74 Å². The monoisotopic (exact) mass is 282 g/mol. The lowest BCUT2D eigenvalue weighted by Gasteiger charge is -2.08. The fourth-order valence-corrected chi connectivity index (χ4v) is 2.03. The van der Waals surface area contributed by atoms with Crippen LogP contribution in [-0.2, 0) is 6.42 Å². The molecule has 0 N–H and O–H groups in total. The molecule has 18 heavy (non-hydrogen) atoms. The minimum absolute atomic E-state index is 0.176. The van der Waals surface area contributed by atoms with Gasteiger partial charge in [-0.05, 0) is 48.7 Å². The average Bonchev–Trinajstić information content (AvgIpc) is 2.30. The average molecular weight is 283 g/mol. The first kappa shape index (κ1) is 13.1. The van der Waals surface area contributed by atoms with Crippen molar-refractivity contribution >= 4 is 23.2 Å². The van der Waals surface area contributed by atoms with Crippen molar-refractivity contribution in [3.63, 3.8) is 0 Å². The highest BCUT2D eigenvalue weighted by Crippen LogP contribution is 2.26. The second-order valence-corrected chi connectivity index (χ2v) is 4.57. The van der Waals surface area contributed by atoms with Crippen molar-refractivity contribution in [2.75, 3.05) is 0 Å². The molecule has 0 aliphatic rings. The van der Waals surface area contributed by atoms with Gasteiger partial charge in [0.05, 0.1) is 0 Å². The van der Waals surface area contributed by atoms with E-state index in [2.05, 4.69) is 9.97 Å². The normalized spacial score (nSPS) is 10.4. The SMILES string of the molecule is CCc1cc(Oc2cc(C)nc(Cl)n2)ccc1Cl. The highest BCUT2D eigenvalue weighted by molar-refractivity contribution is 6.31. The van der Waals surface area contributed by atoms with Gasteiger partial charge in [0.15, 0.2) is 0 Å². The number of ether oxygens (including phenoxy) is 1. The van der Waals surface area contributed by atoms with Gasteiger partial charge in [-0.1, -0.05) is 18.5 Å².